The fourth-order valence-electron chi connectivity index (χ4n) is 6.07. The number of aliphatic hydroxyl groups is 4. The van der Waals surface area contributed by atoms with Crippen molar-refractivity contribution in [2.45, 2.75) is 111 Å². The molecule has 6 N–H and O–H groups in total. The van der Waals surface area contributed by atoms with Crippen LogP contribution in [0.15, 0.2) is 48.6 Å². The van der Waals surface area contributed by atoms with E-state index in [-0.39, 0.29) is 41.9 Å². The van der Waals surface area contributed by atoms with E-state index in [0.29, 0.717) is 12.8 Å². The summed E-state index contributed by atoms with van der Waals surface area (Å²) in [5, 5.41) is 43.1. The van der Waals surface area contributed by atoms with Crippen LogP contribution in [0.1, 0.15) is 74.7 Å². The summed E-state index contributed by atoms with van der Waals surface area (Å²) in [5.41, 5.74) is 6.36. The summed E-state index contributed by atoms with van der Waals surface area (Å²) < 4.78 is 10.9. The largest absolute Gasteiger partial charge is 0.462 e. The van der Waals surface area contributed by atoms with Gasteiger partial charge in [0.25, 0.3) is 0 Å². The highest BCUT2D eigenvalue weighted by Gasteiger charge is 2.41. The van der Waals surface area contributed by atoms with Gasteiger partial charge < -0.3 is 35.6 Å². The number of aliphatic hydroxyl groups excluding tert-OH is 4. The van der Waals surface area contributed by atoms with Crippen molar-refractivity contribution in [2.24, 2.45) is 47.2 Å². The number of hydrogen-bond donors (Lipinski definition) is 5. The number of allylic oxidation sites excluding steroid dienone is 3. The zero-order valence-electron chi connectivity index (χ0n) is 27.3. The van der Waals surface area contributed by atoms with Crippen LogP contribution in [0, 0.1) is 41.4 Å². The summed E-state index contributed by atoms with van der Waals surface area (Å²) >= 11 is 0. The van der Waals surface area contributed by atoms with Gasteiger partial charge in [-0.25, -0.2) is 4.79 Å². The molecule has 1 saturated heterocycles. The first-order chi connectivity index (χ1) is 20.0. The third-order valence-electron chi connectivity index (χ3n) is 8.89. The van der Waals surface area contributed by atoms with E-state index in [0.717, 1.165) is 5.57 Å². The summed E-state index contributed by atoms with van der Waals surface area (Å²) in [6.07, 6.45) is 6.74. The summed E-state index contributed by atoms with van der Waals surface area (Å²) in [6, 6.07) is 0. The van der Waals surface area contributed by atoms with Crippen molar-refractivity contribution in [1.29, 1.82) is 0 Å². The molecule has 0 spiro atoms. The number of amides is 1. The number of carbonyl (C=O) groups excluding carboxylic acids is 2. The Labute approximate surface area is 258 Å². The fourth-order valence-corrected chi connectivity index (χ4v) is 6.07. The molecule has 1 aliphatic heterocycles. The quantitative estimate of drug-likeness (QED) is 0.0905. The Hall–Kier alpha value is -2.46. The maximum absolute atomic E-state index is 12.0. The van der Waals surface area contributed by atoms with Gasteiger partial charge in [-0.1, -0.05) is 90.2 Å². The molecule has 1 fully saturated rings. The smallest absolute Gasteiger partial charge is 0.404 e. The Kier molecular flexibility index (Phi) is 16.5. The molecule has 0 aromatic carbocycles. The van der Waals surface area contributed by atoms with Crippen molar-refractivity contribution in [3.63, 3.8) is 0 Å². The van der Waals surface area contributed by atoms with Gasteiger partial charge in [0.15, 0.2) is 0 Å². The number of carbonyl (C=O) groups is 2. The van der Waals surface area contributed by atoms with Gasteiger partial charge in [-0.15, -0.1) is 0 Å². The summed E-state index contributed by atoms with van der Waals surface area (Å²) in [5.74, 6) is -2.46. The SMILES string of the molecule is C=C/C=C\[C@H](C)[C@H](OC(N)=O)[C@@H](CC)[C@H](O)[C@@H](C)C/C(C)=C\[C@H](C)[C@@H](O)[C@@H](C)/C=C\[C@@H](O)C[C@@H]1OC(=O)[C@H](C)[C@@H](O)[C@H]1C. The minimum atomic E-state index is -0.894. The van der Waals surface area contributed by atoms with Gasteiger partial charge in [0.05, 0.1) is 30.3 Å². The Morgan fingerprint density at radius 1 is 1.05 bits per heavy atom. The van der Waals surface area contributed by atoms with E-state index >= 15 is 0 Å². The van der Waals surface area contributed by atoms with Crippen molar-refractivity contribution in [2.75, 3.05) is 0 Å². The molecule has 0 unspecified atom stereocenters. The normalized spacial score (nSPS) is 27.9. The van der Waals surface area contributed by atoms with Crippen molar-refractivity contribution in [3.05, 3.63) is 48.6 Å². The molecule has 246 valence electrons. The van der Waals surface area contributed by atoms with Gasteiger partial charge >= 0.3 is 12.1 Å². The molecule has 9 heteroatoms. The topological polar surface area (TPSA) is 160 Å². The first kappa shape index (κ1) is 38.6. The minimum absolute atomic E-state index is 0.148. The van der Waals surface area contributed by atoms with E-state index in [4.69, 9.17) is 15.2 Å². The molecule has 1 amide bonds. The highest BCUT2D eigenvalue weighted by molar-refractivity contribution is 5.73. The second kappa shape index (κ2) is 18.4. The van der Waals surface area contributed by atoms with Gasteiger partial charge in [0, 0.05) is 36.0 Å². The maximum Gasteiger partial charge on any atom is 0.404 e. The Morgan fingerprint density at radius 3 is 2.23 bits per heavy atom. The third kappa shape index (κ3) is 11.9. The third-order valence-corrected chi connectivity index (χ3v) is 8.89. The van der Waals surface area contributed by atoms with E-state index in [1.165, 1.54) is 0 Å². The number of hydrogen-bond acceptors (Lipinski definition) is 8. The van der Waals surface area contributed by atoms with Crippen LogP contribution in [0.3, 0.4) is 0 Å². The molecule has 9 nitrogen and oxygen atoms in total. The summed E-state index contributed by atoms with van der Waals surface area (Å²) in [4.78, 5) is 23.6. The summed E-state index contributed by atoms with van der Waals surface area (Å²) in [6.45, 7) is 18.7. The van der Waals surface area contributed by atoms with Gasteiger partial charge in [0.1, 0.15) is 12.2 Å². The average Bonchev–Trinajstić information content (AvgIpc) is 2.95. The van der Waals surface area contributed by atoms with Crippen LogP contribution >= 0.6 is 0 Å². The van der Waals surface area contributed by atoms with Crippen molar-refractivity contribution in [3.8, 4) is 0 Å². The van der Waals surface area contributed by atoms with E-state index in [1.54, 1.807) is 38.2 Å². The molecule has 43 heavy (non-hydrogen) atoms. The Bertz CT molecular complexity index is 977. The molecule has 1 heterocycles. The molecular weight excluding hydrogens is 550 g/mol. The molecule has 1 aliphatic rings. The number of rotatable bonds is 17. The molecule has 0 radical (unpaired) electrons. The van der Waals surface area contributed by atoms with E-state index in [2.05, 4.69) is 6.58 Å². The molecule has 0 aliphatic carbocycles. The average molecular weight is 608 g/mol. The molecular formula is C34H57NO8. The number of ether oxygens (including phenoxy) is 2. The molecule has 13 atom stereocenters. The van der Waals surface area contributed by atoms with Crippen molar-refractivity contribution < 1.29 is 39.5 Å². The molecule has 0 bridgehead atoms. The van der Waals surface area contributed by atoms with E-state index < -0.39 is 54.6 Å². The number of esters is 1. The van der Waals surface area contributed by atoms with Gasteiger partial charge in [-0.2, -0.15) is 0 Å². The molecule has 0 saturated carbocycles. The molecule has 0 aromatic heterocycles. The zero-order valence-corrected chi connectivity index (χ0v) is 27.3. The van der Waals surface area contributed by atoms with E-state index in [9.17, 15) is 30.0 Å². The predicted molar refractivity (Wildman–Crippen MR) is 169 cm³/mol. The van der Waals surface area contributed by atoms with Crippen LogP contribution in [0.25, 0.3) is 0 Å². The lowest BCUT2D eigenvalue weighted by Gasteiger charge is -2.36. The van der Waals surface area contributed by atoms with Gasteiger partial charge in [-0.05, 0) is 32.6 Å². The van der Waals surface area contributed by atoms with Crippen molar-refractivity contribution >= 4 is 12.1 Å². The molecule has 0 aromatic rings. The second-order valence-corrected chi connectivity index (χ2v) is 12.6. The lowest BCUT2D eigenvalue weighted by Crippen LogP contribution is -2.47. The maximum atomic E-state index is 12.0. The number of primary amides is 1. The first-order valence-corrected chi connectivity index (χ1v) is 15.6. The van der Waals surface area contributed by atoms with Crippen LogP contribution in [-0.2, 0) is 14.3 Å². The second-order valence-electron chi connectivity index (χ2n) is 12.6. The Morgan fingerprint density at radius 2 is 1.67 bits per heavy atom. The van der Waals surface area contributed by atoms with Crippen LogP contribution < -0.4 is 5.73 Å². The fraction of sp³-hybridized carbons (Fsp3) is 0.706. The van der Waals surface area contributed by atoms with Crippen LogP contribution in [0.4, 0.5) is 4.79 Å². The highest BCUT2D eigenvalue weighted by atomic mass is 16.6. The van der Waals surface area contributed by atoms with E-state index in [1.807, 2.05) is 53.7 Å². The zero-order chi connectivity index (χ0) is 33.0. The highest BCUT2D eigenvalue weighted by Crippen LogP contribution is 2.32. The van der Waals surface area contributed by atoms with Gasteiger partial charge in [-0.3, -0.25) is 4.79 Å². The van der Waals surface area contributed by atoms with Crippen LogP contribution in [-0.4, -0.2) is 69.1 Å². The lowest BCUT2D eigenvalue weighted by atomic mass is 9.79. The van der Waals surface area contributed by atoms with Crippen LogP contribution in [0.5, 0.6) is 0 Å². The number of cyclic esters (lactones) is 1. The Balaban J connectivity index is 2.82. The minimum Gasteiger partial charge on any atom is -0.462 e. The van der Waals surface area contributed by atoms with Gasteiger partial charge in [0.2, 0.25) is 0 Å². The van der Waals surface area contributed by atoms with Crippen molar-refractivity contribution in [1.82, 2.24) is 0 Å². The summed E-state index contributed by atoms with van der Waals surface area (Å²) in [7, 11) is 0. The monoisotopic (exact) mass is 607 g/mol. The first-order valence-electron chi connectivity index (χ1n) is 15.6. The predicted octanol–water partition coefficient (Wildman–Crippen LogP) is 4.69. The van der Waals surface area contributed by atoms with Crippen LogP contribution in [0.2, 0.25) is 0 Å². The standard InChI is InChI=1S/C34H57NO8/c1-10-12-13-21(5)32(43-34(35)41)27(11-2)30(38)23(7)17-19(3)16-22(6)29(37)20(4)14-15-26(36)18-28-24(8)31(39)25(9)33(40)42-28/h10,12-16,20-32,36-39H,1,11,17-18H2,2-9H3,(H2,35,41)/b13-12-,15-14-,19-16-/t20-,21-,22-,23-,24-,25+,26+,27-,28-,29-,30+,31-,32-/m0/s1. The molecule has 1 rings (SSSR count). The number of nitrogens with two attached hydrogens (primary N) is 1. The lowest BCUT2D eigenvalue weighted by molar-refractivity contribution is -0.179.